The van der Waals surface area contributed by atoms with Gasteiger partial charge in [0.2, 0.25) is 0 Å². The molecule has 0 heterocycles. The summed E-state index contributed by atoms with van der Waals surface area (Å²) in [5, 5.41) is 16.2. The standard InChI is InChI=1S/C3H6NO7P/c5-2(6)4(3(7)8)1-12(9,10)11/h1H2,(H,5,6)(H,7,8)(H2,9,10,11). The minimum atomic E-state index is -4.67. The number of imide groups is 1. The predicted molar refractivity (Wildman–Crippen MR) is 34.8 cm³/mol. The molecule has 8 nitrogen and oxygen atoms in total. The van der Waals surface area contributed by atoms with Gasteiger partial charge in [0.15, 0.2) is 0 Å². The van der Waals surface area contributed by atoms with Crippen LogP contribution in [0.25, 0.3) is 0 Å². The van der Waals surface area contributed by atoms with Gasteiger partial charge >= 0.3 is 19.8 Å². The Kier molecular flexibility index (Phi) is 3.20. The molecule has 0 aliphatic rings. The second-order valence-corrected chi connectivity index (χ2v) is 3.41. The zero-order chi connectivity index (χ0) is 9.94. The Morgan fingerprint density at radius 2 is 1.50 bits per heavy atom. The van der Waals surface area contributed by atoms with Crippen LogP contribution < -0.4 is 0 Å². The van der Waals surface area contributed by atoms with E-state index in [1.807, 2.05) is 0 Å². The van der Waals surface area contributed by atoms with Crippen molar-refractivity contribution in [3.63, 3.8) is 0 Å². The lowest BCUT2D eigenvalue weighted by atomic mass is 10.8. The lowest BCUT2D eigenvalue weighted by Crippen LogP contribution is -2.35. The highest BCUT2D eigenvalue weighted by Gasteiger charge is 2.28. The van der Waals surface area contributed by atoms with E-state index >= 15 is 0 Å². The van der Waals surface area contributed by atoms with E-state index in [0.29, 0.717) is 0 Å². The first-order valence-electron chi connectivity index (χ1n) is 2.52. The van der Waals surface area contributed by atoms with Crippen molar-refractivity contribution in [2.24, 2.45) is 0 Å². The van der Waals surface area contributed by atoms with Gasteiger partial charge in [-0.25, -0.2) is 14.5 Å². The second-order valence-electron chi connectivity index (χ2n) is 1.80. The van der Waals surface area contributed by atoms with Crippen molar-refractivity contribution in [3.05, 3.63) is 0 Å². The molecule has 0 saturated heterocycles. The zero-order valence-electron chi connectivity index (χ0n) is 5.62. The fourth-order valence-electron chi connectivity index (χ4n) is 0.387. The van der Waals surface area contributed by atoms with Crippen LogP contribution >= 0.6 is 7.60 Å². The molecule has 0 aromatic rings. The van der Waals surface area contributed by atoms with Crippen molar-refractivity contribution in [1.82, 2.24) is 4.90 Å². The molecule has 0 radical (unpaired) electrons. The molecule has 12 heavy (non-hydrogen) atoms. The first kappa shape index (κ1) is 10.9. The van der Waals surface area contributed by atoms with Gasteiger partial charge in [-0.05, 0) is 0 Å². The van der Waals surface area contributed by atoms with Crippen LogP contribution in [-0.2, 0) is 4.57 Å². The molecule has 0 bridgehead atoms. The van der Waals surface area contributed by atoms with E-state index in [0.717, 1.165) is 0 Å². The molecule has 0 spiro atoms. The van der Waals surface area contributed by atoms with Crippen LogP contribution in [0.4, 0.5) is 9.59 Å². The van der Waals surface area contributed by atoms with E-state index in [1.165, 1.54) is 0 Å². The molecule has 9 heteroatoms. The Morgan fingerprint density at radius 1 is 1.17 bits per heavy atom. The van der Waals surface area contributed by atoms with Gasteiger partial charge in [0.1, 0.15) is 6.29 Å². The van der Waals surface area contributed by atoms with Crippen LogP contribution in [0.1, 0.15) is 0 Å². The van der Waals surface area contributed by atoms with Gasteiger partial charge in [0, 0.05) is 0 Å². The number of rotatable bonds is 2. The summed E-state index contributed by atoms with van der Waals surface area (Å²) in [5.74, 6) is 0. The van der Waals surface area contributed by atoms with Crippen LogP contribution in [0.5, 0.6) is 0 Å². The van der Waals surface area contributed by atoms with Gasteiger partial charge in [-0.15, -0.1) is 0 Å². The van der Waals surface area contributed by atoms with Crippen molar-refractivity contribution in [1.29, 1.82) is 0 Å². The van der Waals surface area contributed by atoms with Gasteiger partial charge in [-0.2, -0.15) is 0 Å². The third kappa shape index (κ3) is 3.91. The van der Waals surface area contributed by atoms with Gasteiger partial charge in [0.05, 0.1) is 0 Å². The van der Waals surface area contributed by atoms with Gasteiger partial charge in [-0.1, -0.05) is 0 Å². The molecular weight excluding hydrogens is 193 g/mol. The van der Waals surface area contributed by atoms with Gasteiger partial charge < -0.3 is 20.0 Å². The summed E-state index contributed by atoms with van der Waals surface area (Å²) in [6.45, 7) is 0. The molecule has 4 N–H and O–H groups in total. The van der Waals surface area contributed by atoms with Crippen LogP contribution in [0.15, 0.2) is 0 Å². The highest BCUT2D eigenvalue weighted by atomic mass is 31.2. The topological polar surface area (TPSA) is 135 Å². The highest BCUT2D eigenvalue weighted by Crippen LogP contribution is 2.34. The fraction of sp³-hybridized carbons (Fsp3) is 0.333. The van der Waals surface area contributed by atoms with Crippen LogP contribution in [-0.4, -0.2) is 43.4 Å². The average molecular weight is 199 g/mol. The van der Waals surface area contributed by atoms with Crippen molar-refractivity contribution >= 4 is 19.8 Å². The van der Waals surface area contributed by atoms with Crippen LogP contribution in [0.3, 0.4) is 0 Å². The minimum Gasteiger partial charge on any atom is -0.465 e. The van der Waals surface area contributed by atoms with Crippen molar-refractivity contribution in [3.8, 4) is 0 Å². The molecule has 0 aliphatic carbocycles. The van der Waals surface area contributed by atoms with E-state index in [9.17, 15) is 14.2 Å². The van der Waals surface area contributed by atoms with E-state index in [1.54, 1.807) is 0 Å². The summed E-state index contributed by atoms with van der Waals surface area (Å²) in [5.41, 5.74) is 0. The average Bonchev–Trinajstić information content (AvgIpc) is 1.79. The number of carboxylic acid groups (broad SMARTS) is 2. The maximum Gasteiger partial charge on any atom is 0.417 e. The molecule has 0 unspecified atom stereocenters. The molecule has 0 atom stereocenters. The summed E-state index contributed by atoms with van der Waals surface area (Å²) in [6, 6.07) is 0. The Hall–Kier alpha value is -1.11. The third-order valence-corrected chi connectivity index (χ3v) is 1.44. The van der Waals surface area contributed by atoms with E-state index in [-0.39, 0.29) is 4.90 Å². The number of hydrogen-bond acceptors (Lipinski definition) is 3. The molecule has 0 aromatic heterocycles. The third-order valence-electron chi connectivity index (χ3n) is 0.787. The zero-order valence-corrected chi connectivity index (χ0v) is 6.51. The van der Waals surface area contributed by atoms with E-state index < -0.39 is 26.1 Å². The number of carbonyl (C=O) groups is 2. The SMILES string of the molecule is O=C(O)N(CP(=O)(O)O)C(=O)O. The maximum absolute atomic E-state index is 10.2. The second kappa shape index (κ2) is 3.53. The molecule has 0 aliphatic heterocycles. The summed E-state index contributed by atoms with van der Waals surface area (Å²) in [7, 11) is -4.67. The summed E-state index contributed by atoms with van der Waals surface area (Å²) in [6.07, 6.45) is -5.20. The first-order chi connectivity index (χ1) is 5.24. The number of nitrogens with zero attached hydrogens (tertiary/aromatic N) is 1. The summed E-state index contributed by atoms with van der Waals surface area (Å²) < 4.78 is 10.2. The molecule has 0 rings (SSSR count). The van der Waals surface area contributed by atoms with Crippen LogP contribution in [0, 0.1) is 0 Å². The molecular formula is C3H6NO7P. The van der Waals surface area contributed by atoms with Gasteiger partial charge in [-0.3, -0.25) is 4.57 Å². The number of hydrogen-bond donors (Lipinski definition) is 4. The summed E-state index contributed by atoms with van der Waals surface area (Å²) in [4.78, 5) is 36.1. The Morgan fingerprint density at radius 3 is 1.58 bits per heavy atom. The lowest BCUT2D eigenvalue weighted by molar-refractivity contribution is 0.126. The highest BCUT2D eigenvalue weighted by molar-refractivity contribution is 7.51. The Labute approximate surface area is 66.2 Å². The Balaban J connectivity index is 4.46. The minimum absolute atomic E-state index is 0.388. The predicted octanol–water partition coefficient (Wildman–Crippen LogP) is -0.220. The van der Waals surface area contributed by atoms with Crippen LogP contribution in [0.2, 0.25) is 0 Å². The number of amides is 2. The quantitative estimate of drug-likeness (QED) is 0.451. The van der Waals surface area contributed by atoms with Crippen molar-refractivity contribution in [2.75, 3.05) is 6.29 Å². The van der Waals surface area contributed by atoms with E-state index in [2.05, 4.69) is 0 Å². The normalized spacial score (nSPS) is 10.8. The molecule has 0 saturated carbocycles. The lowest BCUT2D eigenvalue weighted by Gasteiger charge is -2.13. The monoisotopic (exact) mass is 199 g/mol. The largest absolute Gasteiger partial charge is 0.465 e. The Bertz CT molecular complexity index is 229. The maximum atomic E-state index is 10.2. The smallest absolute Gasteiger partial charge is 0.417 e. The van der Waals surface area contributed by atoms with Gasteiger partial charge in [0.25, 0.3) is 0 Å². The molecule has 0 aromatic carbocycles. The van der Waals surface area contributed by atoms with Crippen molar-refractivity contribution < 1.29 is 34.2 Å². The van der Waals surface area contributed by atoms with Crippen molar-refractivity contribution in [2.45, 2.75) is 0 Å². The molecule has 0 fully saturated rings. The molecule has 2 amide bonds. The fourth-order valence-corrected chi connectivity index (χ4v) is 0.997. The molecule has 70 valence electrons. The van der Waals surface area contributed by atoms with E-state index in [4.69, 9.17) is 20.0 Å². The summed E-state index contributed by atoms with van der Waals surface area (Å²) >= 11 is 0. The first-order valence-corrected chi connectivity index (χ1v) is 4.32.